The number of nitrogens with one attached hydrogen (secondary N) is 1. The zero-order chi connectivity index (χ0) is 15.5. The van der Waals surface area contributed by atoms with Crippen molar-refractivity contribution in [3.8, 4) is 0 Å². The van der Waals surface area contributed by atoms with Crippen molar-refractivity contribution < 1.29 is 8.42 Å². The number of halogens is 2. The molecule has 1 saturated heterocycles. The Bertz CT molecular complexity index is 566. The maximum atomic E-state index is 12.8. The van der Waals surface area contributed by atoms with Crippen molar-refractivity contribution in [3.05, 3.63) is 28.2 Å². The molecule has 1 aliphatic heterocycles. The molecule has 1 aromatic rings. The second-order valence-corrected chi connectivity index (χ2v) is 7.91. The molecule has 0 saturated carbocycles. The molecular weight excluding hydrogens is 331 g/mol. The van der Waals surface area contributed by atoms with E-state index in [4.69, 9.17) is 23.2 Å². The van der Waals surface area contributed by atoms with E-state index in [1.165, 1.54) is 4.31 Å². The average Bonchev–Trinajstić information content (AvgIpc) is 2.45. The first-order valence-corrected chi connectivity index (χ1v) is 9.31. The van der Waals surface area contributed by atoms with E-state index >= 15 is 0 Å². The molecule has 0 aliphatic carbocycles. The third-order valence-corrected chi connectivity index (χ3v) is 6.63. The van der Waals surface area contributed by atoms with Crippen LogP contribution in [0.2, 0.25) is 10.0 Å². The number of piperidine rings is 1. The van der Waals surface area contributed by atoms with Gasteiger partial charge in [-0.15, -0.1) is 0 Å². The Morgan fingerprint density at radius 2 is 2.00 bits per heavy atom. The van der Waals surface area contributed by atoms with E-state index < -0.39 is 10.0 Å². The third kappa shape index (κ3) is 3.90. The van der Waals surface area contributed by atoms with Crippen LogP contribution in [0.1, 0.15) is 19.8 Å². The minimum atomic E-state index is -3.67. The molecule has 7 heteroatoms. The summed E-state index contributed by atoms with van der Waals surface area (Å²) in [6.45, 7) is 4.58. The highest BCUT2D eigenvalue weighted by molar-refractivity contribution is 7.89. The predicted octanol–water partition coefficient (Wildman–Crippen LogP) is 3.00. The largest absolute Gasteiger partial charge is 0.316 e. The third-order valence-electron chi connectivity index (χ3n) is 3.73. The summed E-state index contributed by atoms with van der Waals surface area (Å²) in [4.78, 5) is 0.0129. The second-order valence-electron chi connectivity index (χ2n) is 5.22. The van der Waals surface area contributed by atoms with Crippen LogP contribution in [0, 0.1) is 5.92 Å². The molecule has 1 heterocycles. The molecular formula is C14H20Cl2N2O2S. The van der Waals surface area contributed by atoms with Gasteiger partial charge in [0.25, 0.3) is 0 Å². The van der Waals surface area contributed by atoms with E-state index in [-0.39, 0.29) is 14.9 Å². The van der Waals surface area contributed by atoms with Crippen LogP contribution in [-0.4, -0.2) is 38.9 Å². The molecule has 4 nitrogen and oxygen atoms in total. The van der Waals surface area contributed by atoms with Crippen LogP contribution in [-0.2, 0) is 10.0 Å². The van der Waals surface area contributed by atoms with E-state index in [9.17, 15) is 8.42 Å². The Kier molecular flexibility index (Phi) is 5.91. The Morgan fingerprint density at radius 1 is 1.33 bits per heavy atom. The fourth-order valence-corrected chi connectivity index (χ4v) is 5.24. The van der Waals surface area contributed by atoms with Gasteiger partial charge >= 0.3 is 0 Å². The minimum Gasteiger partial charge on any atom is -0.316 e. The summed E-state index contributed by atoms with van der Waals surface area (Å²) in [6.07, 6.45) is 2.12. The molecule has 1 N–H and O–H groups in total. The van der Waals surface area contributed by atoms with Gasteiger partial charge in [0.1, 0.15) is 4.90 Å². The summed E-state index contributed by atoms with van der Waals surface area (Å²) in [6, 6.07) is 4.75. The molecule has 1 unspecified atom stereocenters. The highest BCUT2D eigenvalue weighted by Gasteiger charge is 2.30. The van der Waals surface area contributed by atoms with E-state index in [2.05, 4.69) is 5.32 Å². The molecule has 0 spiro atoms. The standard InChI is InChI=1S/C14H20Cl2N2O2S/c1-2-18(10-11-5-4-8-17-9-11)21(19,20)14-12(15)6-3-7-13(14)16/h3,6-7,11,17H,2,4-5,8-10H2,1H3. The quantitative estimate of drug-likeness (QED) is 0.887. The number of hydrogen-bond donors (Lipinski definition) is 1. The van der Waals surface area contributed by atoms with Gasteiger partial charge in [0.15, 0.2) is 0 Å². The van der Waals surface area contributed by atoms with Gasteiger partial charge in [0, 0.05) is 13.1 Å². The van der Waals surface area contributed by atoms with Crippen molar-refractivity contribution in [2.75, 3.05) is 26.2 Å². The summed E-state index contributed by atoms with van der Waals surface area (Å²) >= 11 is 12.1. The summed E-state index contributed by atoms with van der Waals surface area (Å²) in [5, 5.41) is 3.64. The molecule has 0 aromatic heterocycles. The molecule has 1 atom stereocenters. The molecule has 1 aromatic carbocycles. The van der Waals surface area contributed by atoms with Gasteiger partial charge in [-0.25, -0.2) is 8.42 Å². The lowest BCUT2D eigenvalue weighted by atomic mass is 10.00. The van der Waals surface area contributed by atoms with Crippen LogP contribution in [0.3, 0.4) is 0 Å². The molecule has 0 radical (unpaired) electrons. The lowest BCUT2D eigenvalue weighted by Crippen LogP contribution is -2.41. The SMILES string of the molecule is CCN(CC1CCCNC1)S(=O)(=O)c1c(Cl)cccc1Cl. The highest BCUT2D eigenvalue weighted by atomic mass is 35.5. The Morgan fingerprint density at radius 3 is 2.52 bits per heavy atom. The molecule has 0 amide bonds. The second kappa shape index (κ2) is 7.29. The first-order valence-electron chi connectivity index (χ1n) is 7.11. The maximum absolute atomic E-state index is 12.8. The van der Waals surface area contributed by atoms with Crippen molar-refractivity contribution >= 4 is 33.2 Å². The van der Waals surface area contributed by atoms with Crippen molar-refractivity contribution in [1.29, 1.82) is 0 Å². The van der Waals surface area contributed by atoms with E-state index in [0.29, 0.717) is 19.0 Å². The fourth-order valence-electron chi connectivity index (χ4n) is 2.62. The molecule has 1 fully saturated rings. The zero-order valence-corrected chi connectivity index (χ0v) is 14.3. The van der Waals surface area contributed by atoms with Crippen LogP contribution >= 0.6 is 23.2 Å². The van der Waals surface area contributed by atoms with Crippen LogP contribution in [0.15, 0.2) is 23.1 Å². The van der Waals surface area contributed by atoms with Crippen LogP contribution in [0.5, 0.6) is 0 Å². The molecule has 118 valence electrons. The normalized spacial score (nSPS) is 19.9. The highest BCUT2D eigenvalue weighted by Crippen LogP contribution is 2.32. The Labute approximate surface area is 136 Å². The van der Waals surface area contributed by atoms with Crippen LogP contribution in [0.25, 0.3) is 0 Å². The van der Waals surface area contributed by atoms with Crippen molar-refractivity contribution in [2.24, 2.45) is 5.92 Å². The first-order chi connectivity index (χ1) is 9.96. The monoisotopic (exact) mass is 350 g/mol. The number of sulfonamides is 1. The van der Waals surface area contributed by atoms with Crippen LogP contribution in [0.4, 0.5) is 0 Å². The van der Waals surface area contributed by atoms with Crippen molar-refractivity contribution in [2.45, 2.75) is 24.7 Å². The van der Waals surface area contributed by atoms with E-state index in [0.717, 1.165) is 25.9 Å². The number of rotatable bonds is 5. The summed E-state index contributed by atoms with van der Waals surface area (Å²) in [5.74, 6) is 0.328. The number of nitrogens with zero attached hydrogens (tertiary/aromatic N) is 1. The Hall–Kier alpha value is -0.330. The molecule has 0 bridgehead atoms. The fraction of sp³-hybridized carbons (Fsp3) is 0.571. The van der Waals surface area contributed by atoms with Gasteiger partial charge in [0.05, 0.1) is 10.0 Å². The van der Waals surface area contributed by atoms with E-state index in [1.54, 1.807) is 18.2 Å². The Balaban J connectivity index is 2.27. The number of benzene rings is 1. The predicted molar refractivity (Wildman–Crippen MR) is 86.5 cm³/mol. The average molecular weight is 351 g/mol. The first kappa shape index (κ1) is 17.0. The summed E-state index contributed by atoms with van der Waals surface area (Å²) < 4.78 is 27.1. The lowest BCUT2D eigenvalue weighted by molar-refractivity contribution is 0.298. The van der Waals surface area contributed by atoms with Gasteiger partial charge in [-0.3, -0.25) is 0 Å². The number of hydrogen-bond acceptors (Lipinski definition) is 3. The van der Waals surface area contributed by atoms with E-state index in [1.807, 2.05) is 6.92 Å². The van der Waals surface area contributed by atoms with Gasteiger partial charge in [-0.1, -0.05) is 36.2 Å². The zero-order valence-electron chi connectivity index (χ0n) is 12.0. The van der Waals surface area contributed by atoms with Gasteiger partial charge < -0.3 is 5.32 Å². The van der Waals surface area contributed by atoms with Crippen molar-refractivity contribution in [3.63, 3.8) is 0 Å². The summed E-state index contributed by atoms with van der Waals surface area (Å²) in [5.41, 5.74) is 0. The van der Waals surface area contributed by atoms with Crippen LogP contribution < -0.4 is 5.32 Å². The topological polar surface area (TPSA) is 49.4 Å². The summed E-state index contributed by atoms with van der Waals surface area (Å²) in [7, 11) is -3.67. The smallest absolute Gasteiger partial charge is 0.246 e. The van der Waals surface area contributed by atoms with Gasteiger partial charge in [-0.05, 0) is 44.0 Å². The van der Waals surface area contributed by atoms with Gasteiger partial charge in [0.2, 0.25) is 10.0 Å². The maximum Gasteiger partial charge on any atom is 0.246 e. The minimum absolute atomic E-state index is 0.0129. The van der Waals surface area contributed by atoms with Gasteiger partial charge in [-0.2, -0.15) is 4.31 Å². The lowest BCUT2D eigenvalue weighted by Gasteiger charge is -2.29. The van der Waals surface area contributed by atoms with Crippen molar-refractivity contribution in [1.82, 2.24) is 9.62 Å². The molecule has 2 rings (SSSR count). The molecule has 1 aliphatic rings. The molecule has 21 heavy (non-hydrogen) atoms.